The highest BCUT2D eigenvalue weighted by Gasteiger charge is 2.29. The molecule has 1 aliphatic rings. The van der Waals surface area contributed by atoms with Gasteiger partial charge in [-0.2, -0.15) is 0 Å². The molecule has 0 N–H and O–H groups in total. The van der Waals surface area contributed by atoms with Crippen molar-refractivity contribution in [1.82, 2.24) is 0 Å². The molecular weight excluding hydrogens is 140 g/mol. The van der Waals surface area contributed by atoms with E-state index in [9.17, 15) is 4.79 Å². The molecule has 1 aliphatic carbocycles. The Bertz CT molecular complexity index is 142. The van der Waals surface area contributed by atoms with Gasteiger partial charge in [0, 0.05) is 18.9 Å². The third-order valence-electron chi connectivity index (χ3n) is 2.35. The first kappa shape index (κ1) is 8.72. The molecule has 2 nitrogen and oxygen atoms in total. The van der Waals surface area contributed by atoms with Gasteiger partial charge >= 0.3 is 0 Å². The minimum atomic E-state index is 0.134. The summed E-state index contributed by atoms with van der Waals surface area (Å²) in [7, 11) is 0. The first-order valence-corrected chi connectivity index (χ1v) is 4.40. The van der Waals surface area contributed by atoms with Crippen molar-refractivity contribution in [3.05, 3.63) is 0 Å². The highest BCUT2D eigenvalue weighted by molar-refractivity contribution is 5.83. The van der Waals surface area contributed by atoms with Crippen molar-refractivity contribution in [2.24, 2.45) is 5.92 Å². The van der Waals surface area contributed by atoms with Gasteiger partial charge < -0.3 is 4.74 Å². The molecule has 0 aromatic heterocycles. The highest BCUT2D eigenvalue weighted by atomic mass is 16.5. The van der Waals surface area contributed by atoms with E-state index >= 15 is 0 Å². The molecule has 0 heterocycles. The molecule has 0 aromatic carbocycles. The minimum absolute atomic E-state index is 0.134. The van der Waals surface area contributed by atoms with Crippen molar-refractivity contribution in [1.29, 1.82) is 0 Å². The fourth-order valence-electron chi connectivity index (χ4n) is 1.72. The third kappa shape index (κ3) is 2.03. The molecule has 2 heteroatoms. The van der Waals surface area contributed by atoms with Gasteiger partial charge in [-0.1, -0.05) is 0 Å². The van der Waals surface area contributed by atoms with Gasteiger partial charge in [0.25, 0.3) is 0 Å². The van der Waals surface area contributed by atoms with Crippen LogP contribution in [0.5, 0.6) is 0 Å². The fourth-order valence-corrected chi connectivity index (χ4v) is 1.72. The number of hydrogen-bond donors (Lipinski definition) is 0. The second-order valence-electron chi connectivity index (χ2n) is 3.13. The summed E-state index contributed by atoms with van der Waals surface area (Å²) in [5.41, 5.74) is 0. The van der Waals surface area contributed by atoms with Crippen LogP contribution in [0.3, 0.4) is 0 Å². The van der Waals surface area contributed by atoms with Gasteiger partial charge in [-0.25, -0.2) is 0 Å². The number of Topliss-reactive ketones (excluding diaryl/α,β-unsaturated/α-hetero) is 1. The van der Waals surface area contributed by atoms with E-state index in [1.165, 1.54) is 0 Å². The minimum Gasteiger partial charge on any atom is -0.378 e. The molecule has 1 fully saturated rings. The van der Waals surface area contributed by atoms with Gasteiger partial charge in [0.1, 0.15) is 5.78 Å². The molecule has 64 valence electrons. The SMILES string of the molecule is CCOC(C)C1CCCC1=O. The van der Waals surface area contributed by atoms with Crippen LogP contribution >= 0.6 is 0 Å². The zero-order chi connectivity index (χ0) is 8.27. The molecule has 2 unspecified atom stereocenters. The van der Waals surface area contributed by atoms with Crippen molar-refractivity contribution in [3.63, 3.8) is 0 Å². The van der Waals surface area contributed by atoms with E-state index in [2.05, 4.69) is 0 Å². The Morgan fingerprint density at radius 3 is 2.91 bits per heavy atom. The molecule has 0 radical (unpaired) electrons. The zero-order valence-corrected chi connectivity index (χ0v) is 7.30. The summed E-state index contributed by atoms with van der Waals surface area (Å²) in [4.78, 5) is 11.2. The second-order valence-corrected chi connectivity index (χ2v) is 3.13. The van der Waals surface area contributed by atoms with Gasteiger partial charge in [0.15, 0.2) is 0 Å². The lowest BCUT2D eigenvalue weighted by Gasteiger charge is -2.16. The van der Waals surface area contributed by atoms with Crippen molar-refractivity contribution in [2.75, 3.05) is 6.61 Å². The van der Waals surface area contributed by atoms with E-state index in [4.69, 9.17) is 4.74 Å². The molecule has 0 saturated heterocycles. The van der Waals surface area contributed by atoms with Gasteiger partial charge in [-0.05, 0) is 26.7 Å². The fraction of sp³-hybridized carbons (Fsp3) is 0.889. The lowest BCUT2D eigenvalue weighted by molar-refractivity contribution is -0.124. The van der Waals surface area contributed by atoms with Gasteiger partial charge in [-0.3, -0.25) is 4.79 Å². The summed E-state index contributed by atoms with van der Waals surface area (Å²) in [5.74, 6) is 0.584. The molecule has 0 aromatic rings. The lowest BCUT2D eigenvalue weighted by Crippen LogP contribution is -2.23. The van der Waals surface area contributed by atoms with Crippen LogP contribution in [0.2, 0.25) is 0 Å². The molecule has 1 saturated carbocycles. The monoisotopic (exact) mass is 156 g/mol. The summed E-state index contributed by atoms with van der Waals surface area (Å²) in [6, 6.07) is 0. The Kier molecular flexibility index (Phi) is 3.06. The van der Waals surface area contributed by atoms with E-state index in [0.29, 0.717) is 12.4 Å². The standard InChI is InChI=1S/C9H16O2/c1-3-11-7(2)8-5-4-6-9(8)10/h7-8H,3-6H2,1-2H3. The van der Waals surface area contributed by atoms with Crippen molar-refractivity contribution in [2.45, 2.75) is 39.2 Å². The van der Waals surface area contributed by atoms with E-state index in [1.807, 2.05) is 13.8 Å². The molecule has 2 atom stereocenters. The van der Waals surface area contributed by atoms with Crippen LogP contribution in [0.25, 0.3) is 0 Å². The maximum absolute atomic E-state index is 11.2. The normalized spacial score (nSPS) is 27.5. The number of ether oxygens (including phenoxy) is 1. The molecule has 11 heavy (non-hydrogen) atoms. The van der Waals surface area contributed by atoms with Gasteiger partial charge in [-0.15, -0.1) is 0 Å². The Hall–Kier alpha value is -0.370. The number of carbonyl (C=O) groups excluding carboxylic acids is 1. The second kappa shape index (κ2) is 3.86. The largest absolute Gasteiger partial charge is 0.378 e. The summed E-state index contributed by atoms with van der Waals surface area (Å²) < 4.78 is 5.38. The lowest BCUT2D eigenvalue weighted by atomic mass is 10.0. The average molecular weight is 156 g/mol. The quantitative estimate of drug-likeness (QED) is 0.622. The third-order valence-corrected chi connectivity index (χ3v) is 2.35. The molecule has 0 bridgehead atoms. The number of rotatable bonds is 3. The summed E-state index contributed by atoms with van der Waals surface area (Å²) >= 11 is 0. The van der Waals surface area contributed by atoms with E-state index in [-0.39, 0.29) is 12.0 Å². The molecule has 0 spiro atoms. The van der Waals surface area contributed by atoms with Crippen LogP contribution in [0.15, 0.2) is 0 Å². The summed E-state index contributed by atoms with van der Waals surface area (Å²) in [6.07, 6.45) is 2.98. The van der Waals surface area contributed by atoms with Gasteiger partial charge in [0.2, 0.25) is 0 Å². The smallest absolute Gasteiger partial charge is 0.138 e. The van der Waals surface area contributed by atoms with Crippen LogP contribution in [0.1, 0.15) is 33.1 Å². The van der Waals surface area contributed by atoms with Crippen LogP contribution in [0.4, 0.5) is 0 Å². The van der Waals surface area contributed by atoms with Crippen LogP contribution in [0, 0.1) is 5.92 Å². The van der Waals surface area contributed by atoms with Crippen molar-refractivity contribution in [3.8, 4) is 0 Å². The predicted octanol–water partition coefficient (Wildman–Crippen LogP) is 1.78. The van der Waals surface area contributed by atoms with E-state index in [0.717, 1.165) is 19.3 Å². The van der Waals surface area contributed by atoms with Crippen molar-refractivity contribution < 1.29 is 9.53 Å². The molecular formula is C9H16O2. The van der Waals surface area contributed by atoms with Gasteiger partial charge in [0.05, 0.1) is 6.10 Å². The van der Waals surface area contributed by atoms with Crippen LogP contribution in [-0.2, 0) is 9.53 Å². The van der Waals surface area contributed by atoms with E-state index in [1.54, 1.807) is 0 Å². The average Bonchev–Trinajstić information content (AvgIpc) is 2.36. The predicted molar refractivity (Wildman–Crippen MR) is 43.4 cm³/mol. The van der Waals surface area contributed by atoms with Crippen molar-refractivity contribution >= 4 is 5.78 Å². The maximum atomic E-state index is 11.2. The molecule has 0 aliphatic heterocycles. The Labute approximate surface area is 67.9 Å². The number of hydrogen-bond acceptors (Lipinski definition) is 2. The molecule has 1 rings (SSSR count). The Morgan fingerprint density at radius 1 is 1.73 bits per heavy atom. The van der Waals surface area contributed by atoms with Crippen LogP contribution < -0.4 is 0 Å². The first-order valence-electron chi connectivity index (χ1n) is 4.40. The molecule has 0 amide bonds. The highest BCUT2D eigenvalue weighted by Crippen LogP contribution is 2.25. The Balaban J connectivity index is 2.39. The zero-order valence-electron chi connectivity index (χ0n) is 7.30. The summed E-state index contributed by atoms with van der Waals surface area (Å²) in [6.45, 7) is 4.68. The first-order chi connectivity index (χ1) is 5.25. The number of carbonyl (C=O) groups is 1. The Morgan fingerprint density at radius 2 is 2.45 bits per heavy atom. The topological polar surface area (TPSA) is 26.3 Å². The summed E-state index contributed by atoms with van der Waals surface area (Å²) in [5, 5.41) is 0. The van der Waals surface area contributed by atoms with Crippen LogP contribution in [-0.4, -0.2) is 18.5 Å². The maximum Gasteiger partial charge on any atom is 0.138 e. The van der Waals surface area contributed by atoms with E-state index < -0.39 is 0 Å². The number of ketones is 1.